The van der Waals surface area contributed by atoms with Gasteiger partial charge in [0.2, 0.25) is 17.7 Å². The van der Waals surface area contributed by atoms with Crippen molar-refractivity contribution in [3.05, 3.63) is 18.5 Å². The highest BCUT2D eigenvalue weighted by Gasteiger charge is 2.36. The van der Waals surface area contributed by atoms with E-state index in [1.165, 1.54) is 16.5 Å². The maximum Gasteiger partial charge on any atom is 0.246 e. The van der Waals surface area contributed by atoms with E-state index < -0.39 is 6.04 Å². The van der Waals surface area contributed by atoms with Crippen LogP contribution in [0.25, 0.3) is 0 Å². The summed E-state index contributed by atoms with van der Waals surface area (Å²) in [7, 11) is 3.29. The first-order valence-electron chi connectivity index (χ1n) is 7.13. The van der Waals surface area contributed by atoms with E-state index in [4.69, 9.17) is 0 Å². The third kappa shape index (κ3) is 3.44. The fourth-order valence-corrected chi connectivity index (χ4v) is 2.50. The molecule has 0 aliphatic carbocycles. The molecule has 1 aromatic rings. The molecule has 1 atom stereocenters. The number of nitrogens with zero attached hydrogens (tertiary/aromatic N) is 5. The molecule has 22 heavy (non-hydrogen) atoms. The minimum absolute atomic E-state index is 0.0873. The van der Waals surface area contributed by atoms with Crippen LogP contribution in [0.3, 0.4) is 0 Å². The number of rotatable bonds is 3. The summed E-state index contributed by atoms with van der Waals surface area (Å²) in [5, 5.41) is 4.01. The van der Waals surface area contributed by atoms with Crippen LogP contribution in [0.1, 0.15) is 6.92 Å². The number of likely N-dealkylation sites (N-methyl/N-ethyl adjacent to an activating group) is 1. The molecule has 1 aliphatic rings. The summed E-state index contributed by atoms with van der Waals surface area (Å²) in [5.41, 5.74) is 0. The van der Waals surface area contributed by atoms with Crippen molar-refractivity contribution in [2.24, 2.45) is 0 Å². The van der Waals surface area contributed by atoms with E-state index in [0.717, 1.165) is 0 Å². The van der Waals surface area contributed by atoms with Crippen molar-refractivity contribution in [2.45, 2.75) is 19.5 Å². The van der Waals surface area contributed by atoms with Gasteiger partial charge in [0.25, 0.3) is 0 Å². The number of aromatic nitrogens is 2. The number of piperazine rings is 1. The molecule has 2 heterocycles. The molecular formula is C14H21N5O3. The largest absolute Gasteiger partial charge is 0.347 e. The number of amides is 3. The predicted octanol–water partition coefficient (Wildman–Crippen LogP) is -0.969. The van der Waals surface area contributed by atoms with E-state index >= 15 is 0 Å². The zero-order valence-electron chi connectivity index (χ0n) is 13.1. The van der Waals surface area contributed by atoms with Gasteiger partial charge in [0.1, 0.15) is 12.6 Å². The van der Waals surface area contributed by atoms with Gasteiger partial charge < -0.3 is 14.7 Å². The van der Waals surface area contributed by atoms with Crippen LogP contribution < -0.4 is 0 Å². The quantitative estimate of drug-likeness (QED) is 0.720. The van der Waals surface area contributed by atoms with Crippen molar-refractivity contribution in [2.75, 3.05) is 33.7 Å². The Morgan fingerprint density at radius 2 is 2.00 bits per heavy atom. The molecule has 3 amide bonds. The first kappa shape index (κ1) is 16.0. The molecule has 1 unspecified atom stereocenters. The van der Waals surface area contributed by atoms with Gasteiger partial charge in [0.15, 0.2) is 0 Å². The lowest BCUT2D eigenvalue weighted by molar-refractivity contribution is -0.151. The Bertz CT molecular complexity index is 555. The van der Waals surface area contributed by atoms with Crippen LogP contribution in [0.5, 0.6) is 0 Å². The molecule has 1 aromatic heterocycles. The number of carbonyl (C=O) groups excluding carboxylic acids is 3. The first-order chi connectivity index (χ1) is 10.4. The van der Waals surface area contributed by atoms with Crippen LogP contribution >= 0.6 is 0 Å². The van der Waals surface area contributed by atoms with Crippen LogP contribution in [0.15, 0.2) is 18.5 Å². The number of hydrogen-bond donors (Lipinski definition) is 0. The Balaban J connectivity index is 2.14. The molecule has 8 heteroatoms. The molecule has 0 bridgehead atoms. The van der Waals surface area contributed by atoms with Crippen molar-refractivity contribution < 1.29 is 14.4 Å². The average Bonchev–Trinajstić information content (AvgIpc) is 2.98. The first-order valence-corrected chi connectivity index (χ1v) is 7.13. The number of carbonyl (C=O) groups is 3. The molecule has 8 nitrogen and oxygen atoms in total. The van der Waals surface area contributed by atoms with Gasteiger partial charge in [-0.25, -0.2) is 0 Å². The van der Waals surface area contributed by atoms with Crippen molar-refractivity contribution in [1.82, 2.24) is 24.5 Å². The van der Waals surface area contributed by atoms with Crippen LogP contribution in [0.2, 0.25) is 0 Å². The van der Waals surface area contributed by atoms with Crippen LogP contribution in [-0.2, 0) is 20.9 Å². The minimum Gasteiger partial charge on any atom is -0.347 e. The molecule has 1 saturated heterocycles. The Morgan fingerprint density at radius 3 is 2.55 bits per heavy atom. The van der Waals surface area contributed by atoms with Gasteiger partial charge in [-0.05, 0) is 6.07 Å². The topological polar surface area (TPSA) is 78.8 Å². The van der Waals surface area contributed by atoms with Crippen LogP contribution in [-0.4, -0.2) is 82.0 Å². The molecule has 0 radical (unpaired) electrons. The van der Waals surface area contributed by atoms with Crippen molar-refractivity contribution in [1.29, 1.82) is 0 Å². The fraction of sp³-hybridized carbons (Fsp3) is 0.571. The monoisotopic (exact) mass is 307 g/mol. The second kappa shape index (κ2) is 6.59. The zero-order valence-corrected chi connectivity index (χ0v) is 13.1. The zero-order chi connectivity index (χ0) is 16.3. The minimum atomic E-state index is -0.643. The van der Waals surface area contributed by atoms with E-state index in [2.05, 4.69) is 5.10 Å². The van der Waals surface area contributed by atoms with E-state index in [0.29, 0.717) is 13.1 Å². The third-order valence-corrected chi connectivity index (χ3v) is 3.73. The van der Waals surface area contributed by atoms with Crippen molar-refractivity contribution in [3.8, 4) is 0 Å². The van der Waals surface area contributed by atoms with Crippen molar-refractivity contribution >= 4 is 17.7 Å². The van der Waals surface area contributed by atoms with E-state index in [1.54, 1.807) is 42.4 Å². The van der Waals surface area contributed by atoms with Gasteiger partial charge >= 0.3 is 0 Å². The lowest BCUT2D eigenvalue weighted by atomic mass is 10.1. The summed E-state index contributed by atoms with van der Waals surface area (Å²) < 4.78 is 1.52. The van der Waals surface area contributed by atoms with Gasteiger partial charge in [-0.1, -0.05) is 0 Å². The Kier molecular flexibility index (Phi) is 4.79. The molecule has 0 aromatic carbocycles. The standard InChI is InChI=1S/C14H21N5O3/c1-11(20)17-7-8-19(12(9-17)14(22)16(2)3)13(21)10-18-6-4-5-15-18/h4-6,12H,7-10H2,1-3H3. The van der Waals surface area contributed by atoms with Gasteiger partial charge in [0, 0.05) is 46.5 Å². The molecule has 0 N–H and O–H groups in total. The maximum atomic E-state index is 12.5. The highest BCUT2D eigenvalue weighted by Crippen LogP contribution is 2.13. The van der Waals surface area contributed by atoms with Crippen LogP contribution in [0, 0.1) is 0 Å². The lowest BCUT2D eigenvalue weighted by Crippen LogP contribution is -2.61. The lowest BCUT2D eigenvalue weighted by Gasteiger charge is -2.41. The Hall–Kier alpha value is -2.38. The second-order valence-electron chi connectivity index (χ2n) is 5.50. The van der Waals surface area contributed by atoms with E-state index in [-0.39, 0.29) is 30.8 Å². The number of hydrogen-bond acceptors (Lipinski definition) is 4. The van der Waals surface area contributed by atoms with Gasteiger partial charge in [0.05, 0.1) is 6.54 Å². The predicted molar refractivity (Wildman–Crippen MR) is 78.7 cm³/mol. The molecule has 0 saturated carbocycles. The normalized spacial score (nSPS) is 18.2. The highest BCUT2D eigenvalue weighted by atomic mass is 16.2. The smallest absolute Gasteiger partial charge is 0.246 e. The van der Waals surface area contributed by atoms with Crippen molar-refractivity contribution in [3.63, 3.8) is 0 Å². The van der Waals surface area contributed by atoms with E-state index in [1.807, 2.05) is 0 Å². The van der Waals surface area contributed by atoms with Gasteiger partial charge in [-0.3, -0.25) is 19.1 Å². The van der Waals surface area contributed by atoms with Gasteiger partial charge in [-0.15, -0.1) is 0 Å². The molecule has 120 valence electrons. The summed E-state index contributed by atoms with van der Waals surface area (Å²) in [6, 6.07) is 1.10. The summed E-state index contributed by atoms with van der Waals surface area (Å²) in [4.78, 5) is 41.0. The summed E-state index contributed by atoms with van der Waals surface area (Å²) in [5.74, 6) is -0.442. The highest BCUT2D eigenvalue weighted by molar-refractivity contribution is 5.88. The Morgan fingerprint density at radius 1 is 1.27 bits per heavy atom. The fourth-order valence-electron chi connectivity index (χ4n) is 2.50. The molecular weight excluding hydrogens is 286 g/mol. The third-order valence-electron chi connectivity index (χ3n) is 3.73. The maximum absolute atomic E-state index is 12.5. The Labute approximate surface area is 129 Å². The van der Waals surface area contributed by atoms with E-state index in [9.17, 15) is 14.4 Å². The second-order valence-corrected chi connectivity index (χ2v) is 5.50. The summed E-state index contributed by atoms with van der Waals surface area (Å²) in [6.07, 6.45) is 3.30. The average molecular weight is 307 g/mol. The molecule has 1 aliphatic heterocycles. The molecule has 0 spiro atoms. The summed E-state index contributed by atoms with van der Waals surface area (Å²) in [6.45, 7) is 2.58. The molecule has 1 fully saturated rings. The molecule has 2 rings (SSSR count). The van der Waals surface area contributed by atoms with Gasteiger partial charge in [-0.2, -0.15) is 5.10 Å². The summed E-state index contributed by atoms with van der Waals surface area (Å²) >= 11 is 0. The van der Waals surface area contributed by atoms with Crippen LogP contribution in [0.4, 0.5) is 0 Å². The SMILES string of the molecule is CC(=O)N1CCN(C(=O)Cn2cccn2)C(C(=O)N(C)C)C1.